The monoisotopic (exact) mass is 317 g/mol. The van der Waals surface area contributed by atoms with Gasteiger partial charge < -0.3 is 9.64 Å². The van der Waals surface area contributed by atoms with Crippen LogP contribution in [0.3, 0.4) is 0 Å². The van der Waals surface area contributed by atoms with E-state index in [-0.39, 0.29) is 12.0 Å². The Morgan fingerprint density at radius 3 is 3.23 bits per heavy atom. The normalized spacial score (nSPS) is 18.4. The maximum Gasteiger partial charge on any atom is 0.223 e. The molecule has 0 spiro atoms. The van der Waals surface area contributed by atoms with Crippen molar-refractivity contribution in [3.8, 4) is 10.6 Å². The van der Waals surface area contributed by atoms with Crippen LogP contribution < -0.4 is 0 Å². The summed E-state index contributed by atoms with van der Waals surface area (Å²) >= 11 is 1.59. The van der Waals surface area contributed by atoms with Gasteiger partial charge in [-0.05, 0) is 25.5 Å². The topological polar surface area (TPSA) is 55.3 Å². The fraction of sp³-hybridized carbons (Fsp3) is 0.438. The van der Waals surface area contributed by atoms with Gasteiger partial charge in [0.15, 0.2) is 0 Å². The maximum atomic E-state index is 12.2. The van der Waals surface area contributed by atoms with Crippen molar-refractivity contribution < 1.29 is 9.53 Å². The Hall–Kier alpha value is -1.79. The van der Waals surface area contributed by atoms with Crippen LogP contribution in [0, 0.1) is 0 Å². The van der Waals surface area contributed by atoms with E-state index in [0.29, 0.717) is 32.5 Å². The molecule has 0 bridgehead atoms. The van der Waals surface area contributed by atoms with Gasteiger partial charge in [-0.25, -0.2) is 4.98 Å². The van der Waals surface area contributed by atoms with E-state index in [0.717, 1.165) is 16.3 Å². The number of aromatic nitrogens is 2. The van der Waals surface area contributed by atoms with Crippen molar-refractivity contribution in [3.05, 3.63) is 35.6 Å². The molecule has 0 N–H and O–H groups in total. The number of morpholine rings is 1. The molecule has 0 radical (unpaired) electrons. The lowest BCUT2D eigenvalue weighted by Crippen LogP contribution is -2.44. The zero-order chi connectivity index (χ0) is 15.4. The Balaban J connectivity index is 1.56. The first-order valence-electron chi connectivity index (χ1n) is 7.46. The van der Waals surface area contributed by atoms with Crippen LogP contribution >= 0.6 is 11.3 Å². The zero-order valence-electron chi connectivity index (χ0n) is 12.6. The summed E-state index contributed by atoms with van der Waals surface area (Å²) in [5.74, 6) is 0.186. The number of amides is 1. The van der Waals surface area contributed by atoms with E-state index < -0.39 is 0 Å². The van der Waals surface area contributed by atoms with Crippen LogP contribution in [0.4, 0.5) is 0 Å². The quantitative estimate of drug-likeness (QED) is 0.869. The Bertz CT molecular complexity index is 629. The molecule has 0 aromatic carbocycles. The Morgan fingerprint density at radius 2 is 2.45 bits per heavy atom. The van der Waals surface area contributed by atoms with Crippen molar-refractivity contribution in [1.29, 1.82) is 0 Å². The predicted octanol–water partition coefficient (Wildman–Crippen LogP) is 2.39. The second-order valence-electron chi connectivity index (χ2n) is 5.41. The summed E-state index contributed by atoms with van der Waals surface area (Å²) in [5, 5.41) is 2.98. The second-order valence-corrected chi connectivity index (χ2v) is 6.26. The van der Waals surface area contributed by atoms with Crippen LogP contribution in [0.15, 0.2) is 29.9 Å². The van der Waals surface area contributed by atoms with E-state index in [2.05, 4.69) is 9.97 Å². The SMILES string of the molecule is CC1CN(C(=O)CCc2csc(-c3cccnc3)n2)CCO1. The van der Waals surface area contributed by atoms with Gasteiger partial charge in [0.1, 0.15) is 5.01 Å². The number of hydrogen-bond donors (Lipinski definition) is 0. The number of hydrogen-bond acceptors (Lipinski definition) is 5. The van der Waals surface area contributed by atoms with Crippen LogP contribution in [0.25, 0.3) is 10.6 Å². The van der Waals surface area contributed by atoms with Crippen molar-refractivity contribution in [3.63, 3.8) is 0 Å². The molecule has 1 unspecified atom stereocenters. The summed E-state index contributed by atoms with van der Waals surface area (Å²) in [6.45, 7) is 4.02. The highest BCUT2D eigenvalue weighted by Crippen LogP contribution is 2.23. The van der Waals surface area contributed by atoms with Crippen molar-refractivity contribution in [2.75, 3.05) is 19.7 Å². The van der Waals surface area contributed by atoms with E-state index in [9.17, 15) is 4.79 Å². The minimum atomic E-state index is 0.133. The number of thiazole rings is 1. The molecule has 116 valence electrons. The molecular weight excluding hydrogens is 298 g/mol. The maximum absolute atomic E-state index is 12.2. The molecule has 1 atom stereocenters. The highest BCUT2D eigenvalue weighted by molar-refractivity contribution is 7.13. The van der Waals surface area contributed by atoms with Crippen LogP contribution in [0.2, 0.25) is 0 Å². The number of aryl methyl sites for hydroxylation is 1. The standard InChI is InChI=1S/C16H19N3O2S/c1-12-10-19(7-8-21-12)15(20)5-4-14-11-22-16(18-14)13-3-2-6-17-9-13/h2-3,6,9,11-12H,4-5,7-8,10H2,1H3. The second kappa shape index (κ2) is 6.98. The van der Waals surface area contributed by atoms with Crippen LogP contribution in [-0.2, 0) is 16.0 Å². The molecule has 22 heavy (non-hydrogen) atoms. The lowest BCUT2D eigenvalue weighted by molar-refractivity contribution is -0.138. The lowest BCUT2D eigenvalue weighted by atomic mass is 10.2. The fourth-order valence-electron chi connectivity index (χ4n) is 2.48. The Labute approximate surface area is 134 Å². The van der Waals surface area contributed by atoms with Crippen LogP contribution in [0.5, 0.6) is 0 Å². The highest BCUT2D eigenvalue weighted by Gasteiger charge is 2.21. The molecule has 3 rings (SSSR count). The first-order chi connectivity index (χ1) is 10.7. The average Bonchev–Trinajstić information content (AvgIpc) is 3.02. The van der Waals surface area contributed by atoms with Gasteiger partial charge in [-0.3, -0.25) is 9.78 Å². The van der Waals surface area contributed by atoms with Gasteiger partial charge in [0, 0.05) is 42.8 Å². The average molecular weight is 317 g/mol. The van der Waals surface area contributed by atoms with Crippen molar-refractivity contribution in [2.45, 2.75) is 25.9 Å². The molecule has 1 saturated heterocycles. The summed E-state index contributed by atoms with van der Waals surface area (Å²) in [6, 6.07) is 3.90. The zero-order valence-corrected chi connectivity index (χ0v) is 13.4. The van der Waals surface area contributed by atoms with Gasteiger partial charge in [-0.15, -0.1) is 11.3 Å². The molecule has 1 amide bonds. The third-order valence-electron chi connectivity index (χ3n) is 3.65. The number of pyridine rings is 1. The van der Waals surface area contributed by atoms with E-state index in [1.54, 1.807) is 17.5 Å². The van der Waals surface area contributed by atoms with Gasteiger partial charge >= 0.3 is 0 Å². The van der Waals surface area contributed by atoms with Gasteiger partial charge in [0.05, 0.1) is 18.4 Å². The largest absolute Gasteiger partial charge is 0.375 e. The summed E-state index contributed by atoms with van der Waals surface area (Å²) in [5.41, 5.74) is 1.99. The summed E-state index contributed by atoms with van der Waals surface area (Å²) in [4.78, 5) is 22.8. The first kappa shape index (κ1) is 15.1. The summed E-state index contributed by atoms with van der Waals surface area (Å²) < 4.78 is 5.46. The van der Waals surface area contributed by atoms with Crippen molar-refractivity contribution in [2.24, 2.45) is 0 Å². The molecule has 1 aliphatic rings. The van der Waals surface area contributed by atoms with Crippen LogP contribution in [0.1, 0.15) is 19.0 Å². The Kier molecular flexibility index (Phi) is 4.80. The molecule has 5 nitrogen and oxygen atoms in total. The minimum Gasteiger partial charge on any atom is -0.375 e. The number of carbonyl (C=O) groups is 1. The van der Waals surface area contributed by atoms with Gasteiger partial charge in [0.2, 0.25) is 5.91 Å². The first-order valence-corrected chi connectivity index (χ1v) is 8.34. The number of nitrogens with zero attached hydrogens (tertiary/aromatic N) is 3. The fourth-order valence-corrected chi connectivity index (χ4v) is 3.33. The predicted molar refractivity (Wildman–Crippen MR) is 85.7 cm³/mol. The molecule has 2 aromatic heterocycles. The number of rotatable bonds is 4. The van der Waals surface area contributed by atoms with Gasteiger partial charge in [-0.2, -0.15) is 0 Å². The van der Waals surface area contributed by atoms with Crippen molar-refractivity contribution >= 4 is 17.2 Å². The molecule has 0 saturated carbocycles. The summed E-state index contributed by atoms with van der Waals surface area (Å²) in [7, 11) is 0. The number of carbonyl (C=O) groups excluding carboxylic acids is 1. The number of ether oxygens (including phenoxy) is 1. The Morgan fingerprint density at radius 1 is 1.55 bits per heavy atom. The molecule has 3 heterocycles. The van der Waals surface area contributed by atoms with E-state index in [1.165, 1.54) is 0 Å². The third-order valence-corrected chi connectivity index (χ3v) is 4.59. The van der Waals surface area contributed by atoms with E-state index in [4.69, 9.17) is 4.74 Å². The highest BCUT2D eigenvalue weighted by atomic mass is 32.1. The molecule has 2 aromatic rings. The molecule has 1 fully saturated rings. The molecular formula is C16H19N3O2S. The van der Waals surface area contributed by atoms with Gasteiger partial charge in [-0.1, -0.05) is 0 Å². The van der Waals surface area contributed by atoms with Gasteiger partial charge in [0.25, 0.3) is 0 Å². The minimum absolute atomic E-state index is 0.133. The summed E-state index contributed by atoms with van der Waals surface area (Å²) in [6.07, 6.45) is 4.88. The van der Waals surface area contributed by atoms with Crippen LogP contribution in [-0.4, -0.2) is 46.6 Å². The molecule has 6 heteroatoms. The van der Waals surface area contributed by atoms with E-state index in [1.807, 2.05) is 35.5 Å². The molecule has 1 aliphatic heterocycles. The molecule has 0 aliphatic carbocycles. The van der Waals surface area contributed by atoms with Crippen molar-refractivity contribution in [1.82, 2.24) is 14.9 Å². The third kappa shape index (κ3) is 3.69. The van der Waals surface area contributed by atoms with E-state index >= 15 is 0 Å². The smallest absolute Gasteiger partial charge is 0.223 e. The lowest BCUT2D eigenvalue weighted by Gasteiger charge is -2.31.